The van der Waals surface area contributed by atoms with E-state index in [4.69, 9.17) is 29.2 Å². The molecule has 3 unspecified atom stereocenters. The Hall–Kier alpha value is -2.65. The average Bonchev–Trinajstić information content (AvgIpc) is 2.99. The number of nitrogens with zero attached hydrogens (tertiary/aromatic N) is 4. The van der Waals surface area contributed by atoms with E-state index in [1.807, 2.05) is 23.1 Å². The van der Waals surface area contributed by atoms with E-state index < -0.39 is 0 Å². The fourth-order valence-corrected chi connectivity index (χ4v) is 5.58. The van der Waals surface area contributed by atoms with E-state index in [0.717, 1.165) is 16.9 Å². The van der Waals surface area contributed by atoms with E-state index in [-0.39, 0.29) is 29.1 Å². The first-order chi connectivity index (χ1) is 19.9. The summed E-state index contributed by atoms with van der Waals surface area (Å²) in [6, 6.07) is 5.77. The van der Waals surface area contributed by atoms with Gasteiger partial charge in [-0.05, 0) is 36.9 Å². The number of urea groups is 1. The van der Waals surface area contributed by atoms with Crippen LogP contribution in [0.25, 0.3) is 5.53 Å². The third-order valence-electron chi connectivity index (χ3n) is 6.86. The molecule has 0 bridgehead atoms. The molecular weight excluding hydrogens is 552 g/mol. The fraction of sp³-hybridized carbons (Fsp3) is 0.704. The summed E-state index contributed by atoms with van der Waals surface area (Å²) >= 11 is 1.48. The van der Waals surface area contributed by atoms with Crippen molar-refractivity contribution in [1.82, 2.24) is 20.5 Å². The third-order valence-corrected chi connectivity index (χ3v) is 8.21. The SMILES string of the molecule is COc1ccc2c(c1)C(COCCOCCOCCOCCN(C)N=[N-])CN(C(=O)CSC1NC(=O)NCC1C)C2. The standard InChI is InChI=1S/C27H43N6O7S/c1-20-15-29-27(35)30-26(20)41-19-25(34)33-16-21-4-5-23(36-3)14-24(21)22(17-33)18-40-13-12-39-11-10-38-9-8-37-7-6-32(2)31-28/h4-5,14,20,22,26H,6-13,15-19H2,1-3H3,(H2,29,30,35)/q-1. The second kappa shape index (κ2) is 18.0. The Bertz CT molecular complexity index is 974. The highest BCUT2D eigenvalue weighted by molar-refractivity contribution is 8.00. The molecular formula is C27H43N6O7S-. The fourth-order valence-electron chi connectivity index (χ4n) is 4.46. The lowest BCUT2D eigenvalue weighted by Crippen LogP contribution is -2.53. The van der Waals surface area contributed by atoms with Gasteiger partial charge in [-0.2, -0.15) is 0 Å². The number of carbonyl (C=O) groups is 2. The first kappa shape index (κ1) is 32.9. The molecule has 3 rings (SSSR count). The molecule has 14 heteroatoms. The summed E-state index contributed by atoms with van der Waals surface area (Å²) in [6.45, 7) is 7.86. The van der Waals surface area contributed by atoms with Gasteiger partial charge in [0.25, 0.3) is 0 Å². The van der Waals surface area contributed by atoms with Gasteiger partial charge in [-0.1, -0.05) is 13.0 Å². The van der Waals surface area contributed by atoms with Crippen LogP contribution in [0.5, 0.6) is 5.75 Å². The summed E-state index contributed by atoms with van der Waals surface area (Å²) in [5, 5.41) is 10.00. The van der Waals surface area contributed by atoms with Crippen LogP contribution in [0, 0.1) is 5.92 Å². The molecule has 2 aliphatic rings. The molecule has 2 heterocycles. The van der Waals surface area contributed by atoms with Crippen molar-refractivity contribution in [1.29, 1.82) is 0 Å². The van der Waals surface area contributed by atoms with E-state index in [9.17, 15) is 9.59 Å². The number of hydrogen-bond donors (Lipinski definition) is 2. The number of methoxy groups -OCH3 is 1. The number of likely N-dealkylation sites (N-methyl/N-ethyl adjacent to an activating group) is 1. The van der Waals surface area contributed by atoms with Gasteiger partial charge in [0.05, 0.1) is 64.5 Å². The zero-order valence-corrected chi connectivity index (χ0v) is 25.0. The van der Waals surface area contributed by atoms with Gasteiger partial charge in [0.15, 0.2) is 0 Å². The number of rotatable bonds is 19. The number of fused-ring (bicyclic) bond motifs is 1. The number of benzene rings is 1. The second-order valence-electron chi connectivity index (χ2n) is 9.98. The molecule has 0 aliphatic carbocycles. The highest BCUT2D eigenvalue weighted by Gasteiger charge is 2.31. The minimum atomic E-state index is -0.191. The first-order valence-electron chi connectivity index (χ1n) is 13.9. The zero-order chi connectivity index (χ0) is 29.5. The van der Waals surface area contributed by atoms with Crippen LogP contribution >= 0.6 is 11.8 Å². The van der Waals surface area contributed by atoms with Crippen molar-refractivity contribution in [3.63, 3.8) is 0 Å². The van der Waals surface area contributed by atoms with E-state index >= 15 is 0 Å². The normalized spacial score (nSPS) is 20.1. The lowest BCUT2D eigenvalue weighted by Gasteiger charge is -2.35. The molecule has 13 nitrogen and oxygen atoms in total. The van der Waals surface area contributed by atoms with E-state index in [0.29, 0.717) is 84.8 Å². The topological polar surface area (TPSA) is 145 Å². The molecule has 0 spiro atoms. The number of hydrogen-bond acceptors (Lipinski definition) is 9. The first-order valence-corrected chi connectivity index (χ1v) is 14.9. The van der Waals surface area contributed by atoms with Gasteiger partial charge in [0, 0.05) is 38.1 Å². The van der Waals surface area contributed by atoms with E-state index in [2.05, 4.69) is 22.8 Å². The molecule has 1 saturated heterocycles. The monoisotopic (exact) mass is 595 g/mol. The molecule has 3 amide bonds. The van der Waals surface area contributed by atoms with Gasteiger partial charge in [-0.25, -0.2) is 4.79 Å². The number of amides is 3. The van der Waals surface area contributed by atoms with Gasteiger partial charge >= 0.3 is 6.03 Å². The van der Waals surface area contributed by atoms with Crippen LogP contribution in [0.15, 0.2) is 23.4 Å². The summed E-state index contributed by atoms with van der Waals surface area (Å²) in [6.07, 6.45) is 0. The van der Waals surface area contributed by atoms with Crippen molar-refractivity contribution in [3.05, 3.63) is 34.9 Å². The van der Waals surface area contributed by atoms with Crippen molar-refractivity contribution in [2.75, 3.05) is 92.4 Å². The molecule has 1 aromatic rings. The largest absolute Gasteiger partial charge is 0.497 e. The van der Waals surface area contributed by atoms with Crippen LogP contribution < -0.4 is 15.4 Å². The molecule has 3 atom stereocenters. The Kier molecular flexibility index (Phi) is 14.4. The van der Waals surface area contributed by atoms with E-state index in [1.165, 1.54) is 16.8 Å². The van der Waals surface area contributed by atoms with Crippen molar-refractivity contribution >= 4 is 23.7 Å². The molecule has 2 N–H and O–H groups in total. The Labute approximate surface area is 246 Å². The van der Waals surface area contributed by atoms with Gasteiger partial charge in [-0.3, -0.25) is 10.0 Å². The minimum Gasteiger partial charge on any atom is -0.497 e. The van der Waals surface area contributed by atoms with Crippen molar-refractivity contribution < 1.29 is 33.3 Å². The Balaban J connectivity index is 1.36. The van der Waals surface area contributed by atoms with Crippen LogP contribution in [0.1, 0.15) is 24.0 Å². The highest BCUT2D eigenvalue weighted by atomic mass is 32.2. The van der Waals surface area contributed by atoms with Crippen molar-refractivity contribution in [2.24, 2.45) is 11.1 Å². The molecule has 0 radical (unpaired) electrons. The smallest absolute Gasteiger partial charge is 0.315 e. The lowest BCUT2D eigenvalue weighted by molar-refractivity contribution is -0.129. The van der Waals surface area contributed by atoms with Crippen LogP contribution in [0.2, 0.25) is 0 Å². The van der Waals surface area contributed by atoms with Gasteiger partial charge in [0.1, 0.15) is 5.75 Å². The Morgan fingerprint density at radius 2 is 1.80 bits per heavy atom. The summed E-state index contributed by atoms with van der Waals surface area (Å²) in [5.41, 5.74) is 10.8. The summed E-state index contributed by atoms with van der Waals surface area (Å²) < 4.78 is 27.9. The molecule has 1 aromatic carbocycles. The molecule has 0 aromatic heterocycles. The summed E-state index contributed by atoms with van der Waals surface area (Å²) in [4.78, 5) is 26.8. The molecule has 0 saturated carbocycles. The number of thioether (sulfide) groups is 1. The van der Waals surface area contributed by atoms with Crippen LogP contribution in [-0.4, -0.2) is 120 Å². The molecule has 41 heavy (non-hydrogen) atoms. The third kappa shape index (κ3) is 11.3. The van der Waals surface area contributed by atoms with Crippen LogP contribution in [-0.2, 0) is 30.3 Å². The Morgan fingerprint density at radius 1 is 1.12 bits per heavy atom. The maximum Gasteiger partial charge on any atom is 0.315 e. The summed E-state index contributed by atoms with van der Waals surface area (Å²) in [7, 11) is 3.30. The Morgan fingerprint density at radius 3 is 2.49 bits per heavy atom. The van der Waals surface area contributed by atoms with Gasteiger partial charge < -0.3 is 49.8 Å². The van der Waals surface area contributed by atoms with E-state index in [1.54, 1.807) is 14.2 Å². The van der Waals surface area contributed by atoms with Crippen LogP contribution in [0.4, 0.5) is 4.79 Å². The maximum absolute atomic E-state index is 13.2. The quantitative estimate of drug-likeness (QED) is 0.139. The predicted molar refractivity (Wildman–Crippen MR) is 155 cm³/mol. The second-order valence-corrected chi connectivity index (χ2v) is 11.1. The summed E-state index contributed by atoms with van der Waals surface area (Å²) in [5.74, 6) is 1.36. The maximum atomic E-state index is 13.2. The van der Waals surface area contributed by atoms with Gasteiger partial charge in [0.2, 0.25) is 5.91 Å². The number of carbonyl (C=O) groups excluding carboxylic acids is 2. The van der Waals surface area contributed by atoms with Crippen LogP contribution in [0.3, 0.4) is 0 Å². The molecule has 230 valence electrons. The molecule has 1 fully saturated rings. The van der Waals surface area contributed by atoms with Crippen molar-refractivity contribution in [3.8, 4) is 5.75 Å². The average molecular weight is 596 g/mol. The van der Waals surface area contributed by atoms with Gasteiger partial charge in [-0.15, -0.1) is 11.8 Å². The zero-order valence-electron chi connectivity index (χ0n) is 24.2. The lowest BCUT2D eigenvalue weighted by atomic mass is 9.90. The molecule has 2 aliphatic heterocycles. The minimum absolute atomic E-state index is 0.00878. The number of nitrogens with one attached hydrogen (secondary N) is 2. The number of ether oxygens (including phenoxy) is 5. The van der Waals surface area contributed by atoms with Crippen molar-refractivity contribution in [2.45, 2.75) is 24.8 Å². The highest BCUT2D eigenvalue weighted by Crippen LogP contribution is 2.32. The predicted octanol–water partition coefficient (Wildman–Crippen LogP) is 2.06.